The minimum Gasteiger partial charge on any atom is -0.338 e. The zero-order valence-electron chi connectivity index (χ0n) is 11.4. The van der Waals surface area contributed by atoms with Gasteiger partial charge < -0.3 is 10.6 Å². The smallest absolute Gasteiger partial charge is 0.263 e. The van der Waals surface area contributed by atoms with Crippen LogP contribution < -0.4 is 5.73 Å². The summed E-state index contributed by atoms with van der Waals surface area (Å²) >= 11 is 1.72. The number of carbonyl (C=O) groups is 1. The first-order chi connectivity index (χ1) is 9.28. The van der Waals surface area contributed by atoms with Gasteiger partial charge in [-0.3, -0.25) is 4.79 Å². The van der Waals surface area contributed by atoms with Crippen molar-refractivity contribution >= 4 is 17.2 Å². The topological polar surface area (TPSA) is 46.3 Å². The molecular formula is C15H22N2OS. The van der Waals surface area contributed by atoms with Gasteiger partial charge in [-0.1, -0.05) is 0 Å². The summed E-state index contributed by atoms with van der Waals surface area (Å²) in [4.78, 5) is 17.0. The summed E-state index contributed by atoms with van der Waals surface area (Å²) in [6, 6.07) is 2.14. The van der Waals surface area contributed by atoms with Gasteiger partial charge in [0.05, 0.1) is 4.88 Å². The van der Waals surface area contributed by atoms with Crippen LogP contribution in [0.2, 0.25) is 0 Å². The number of hydrogen-bond acceptors (Lipinski definition) is 3. The fourth-order valence-corrected chi connectivity index (χ4v) is 4.53. The summed E-state index contributed by atoms with van der Waals surface area (Å²) in [5.74, 6) is 0.857. The van der Waals surface area contributed by atoms with E-state index in [9.17, 15) is 4.79 Å². The fourth-order valence-electron chi connectivity index (χ4n) is 3.31. The lowest BCUT2D eigenvalue weighted by atomic mass is 9.95. The first kappa shape index (κ1) is 13.1. The van der Waals surface area contributed by atoms with Crippen molar-refractivity contribution in [1.29, 1.82) is 0 Å². The minimum atomic E-state index is 0.251. The number of nitrogens with zero attached hydrogens (tertiary/aromatic N) is 1. The molecule has 1 aliphatic heterocycles. The third-order valence-electron chi connectivity index (χ3n) is 4.34. The first-order valence-corrected chi connectivity index (χ1v) is 8.20. The van der Waals surface area contributed by atoms with Gasteiger partial charge in [0.2, 0.25) is 0 Å². The number of fused-ring (bicyclic) bond motifs is 1. The van der Waals surface area contributed by atoms with Crippen molar-refractivity contribution in [2.24, 2.45) is 11.7 Å². The molecule has 0 aromatic carbocycles. The standard InChI is InChI=1S/C15H22N2OS/c16-7-6-11-3-2-8-17(10-11)15(18)14-9-12-4-1-5-13(12)19-14/h9,11H,1-8,10,16H2. The summed E-state index contributed by atoms with van der Waals surface area (Å²) in [5, 5.41) is 0. The Kier molecular flexibility index (Phi) is 3.89. The zero-order chi connectivity index (χ0) is 13.2. The molecule has 0 radical (unpaired) electrons. The van der Waals surface area contributed by atoms with Gasteiger partial charge in [0, 0.05) is 18.0 Å². The molecule has 1 fully saturated rings. The monoisotopic (exact) mass is 278 g/mol. The van der Waals surface area contributed by atoms with Gasteiger partial charge >= 0.3 is 0 Å². The highest BCUT2D eigenvalue weighted by molar-refractivity contribution is 7.14. The molecule has 0 spiro atoms. The van der Waals surface area contributed by atoms with Crippen molar-refractivity contribution in [1.82, 2.24) is 4.90 Å². The maximum Gasteiger partial charge on any atom is 0.263 e. The van der Waals surface area contributed by atoms with Crippen LogP contribution in [0.5, 0.6) is 0 Å². The van der Waals surface area contributed by atoms with E-state index in [2.05, 4.69) is 6.07 Å². The molecular weight excluding hydrogens is 256 g/mol. The normalized spacial score (nSPS) is 22.6. The molecule has 1 atom stereocenters. The highest BCUT2D eigenvalue weighted by Crippen LogP contribution is 2.32. The molecule has 0 saturated carbocycles. The van der Waals surface area contributed by atoms with E-state index in [1.54, 1.807) is 11.3 Å². The van der Waals surface area contributed by atoms with Crippen molar-refractivity contribution in [3.05, 3.63) is 21.4 Å². The summed E-state index contributed by atoms with van der Waals surface area (Å²) in [5.41, 5.74) is 7.06. The van der Waals surface area contributed by atoms with Gasteiger partial charge in [-0.2, -0.15) is 0 Å². The third-order valence-corrected chi connectivity index (χ3v) is 5.56. The number of rotatable bonds is 3. The molecule has 1 aromatic rings. The Morgan fingerprint density at radius 3 is 3.11 bits per heavy atom. The minimum absolute atomic E-state index is 0.251. The highest BCUT2D eigenvalue weighted by Gasteiger charge is 2.26. The lowest BCUT2D eigenvalue weighted by Crippen LogP contribution is -2.40. The largest absolute Gasteiger partial charge is 0.338 e. The zero-order valence-corrected chi connectivity index (χ0v) is 12.2. The van der Waals surface area contributed by atoms with E-state index in [-0.39, 0.29) is 5.91 Å². The summed E-state index contributed by atoms with van der Waals surface area (Å²) in [6.45, 7) is 2.56. The van der Waals surface area contributed by atoms with Crippen molar-refractivity contribution in [3.8, 4) is 0 Å². The van der Waals surface area contributed by atoms with Crippen LogP contribution in [0.4, 0.5) is 0 Å². The van der Waals surface area contributed by atoms with Gasteiger partial charge in [-0.15, -0.1) is 11.3 Å². The van der Waals surface area contributed by atoms with Crippen LogP contribution in [0.1, 0.15) is 45.8 Å². The van der Waals surface area contributed by atoms with Crippen molar-refractivity contribution < 1.29 is 4.79 Å². The molecule has 1 aromatic heterocycles. The van der Waals surface area contributed by atoms with Crippen LogP contribution in [-0.2, 0) is 12.8 Å². The molecule has 2 heterocycles. The molecule has 1 saturated heterocycles. The molecule has 2 aliphatic rings. The summed E-state index contributed by atoms with van der Waals surface area (Å²) in [7, 11) is 0. The average Bonchev–Trinajstić information content (AvgIpc) is 2.99. The van der Waals surface area contributed by atoms with E-state index in [0.29, 0.717) is 5.92 Å². The molecule has 104 valence electrons. The van der Waals surface area contributed by atoms with Crippen LogP contribution in [0, 0.1) is 5.92 Å². The second-order valence-electron chi connectivity index (χ2n) is 5.75. The van der Waals surface area contributed by atoms with Crippen LogP contribution in [-0.4, -0.2) is 30.4 Å². The molecule has 3 nitrogen and oxygen atoms in total. The summed E-state index contributed by atoms with van der Waals surface area (Å²) in [6.07, 6.45) is 6.99. The van der Waals surface area contributed by atoms with Gasteiger partial charge in [0.15, 0.2) is 0 Å². The van der Waals surface area contributed by atoms with E-state index < -0.39 is 0 Å². The summed E-state index contributed by atoms with van der Waals surface area (Å²) < 4.78 is 0. The Labute approximate surface area is 118 Å². The molecule has 19 heavy (non-hydrogen) atoms. The Hall–Kier alpha value is -0.870. The lowest BCUT2D eigenvalue weighted by molar-refractivity contribution is 0.0674. The highest BCUT2D eigenvalue weighted by atomic mass is 32.1. The van der Waals surface area contributed by atoms with Gasteiger partial charge in [0.1, 0.15) is 0 Å². The molecule has 1 amide bonds. The van der Waals surface area contributed by atoms with E-state index in [1.807, 2.05) is 4.90 Å². The van der Waals surface area contributed by atoms with E-state index >= 15 is 0 Å². The number of nitrogens with two attached hydrogens (primary N) is 1. The number of amides is 1. The van der Waals surface area contributed by atoms with Gasteiger partial charge in [-0.25, -0.2) is 0 Å². The third kappa shape index (κ3) is 2.70. The SMILES string of the molecule is NCCC1CCCN(C(=O)c2cc3c(s2)CCC3)C1. The average molecular weight is 278 g/mol. The molecule has 4 heteroatoms. The van der Waals surface area contributed by atoms with E-state index in [4.69, 9.17) is 5.73 Å². The number of hydrogen-bond donors (Lipinski definition) is 1. The molecule has 1 unspecified atom stereocenters. The van der Waals surface area contributed by atoms with Crippen LogP contribution >= 0.6 is 11.3 Å². The molecule has 2 N–H and O–H groups in total. The number of piperidine rings is 1. The predicted octanol–water partition coefficient (Wildman–Crippen LogP) is 2.44. The predicted molar refractivity (Wildman–Crippen MR) is 78.6 cm³/mol. The van der Waals surface area contributed by atoms with Crippen LogP contribution in [0.3, 0.4) is 0 Å². The second-order valence-corrected chi connectivity index (χ2v) is 6.89. The quantitative estimate of drug-likeness (QED) is 0.923. The Morgan fingerprint density at radius 2 is 2.32 bits per heavy atom. The van der Waals surface area contributed by atoms with E-state index in [0.717, 1.165) is 43.8 Å². The molecule has 0 bridgehead atoms. The van der Waals surface area contributed by atoms with Crippen molar-refractivity contribution in [2.45, 2.75) is 38.5 Å². The van der Waals surface area contributed by atoms with Gasteiger partial charge in [0.25, 0.3) is 5.91 Å². The fraction of sp³-hybridized carbons (Fsp3) is 0.667. The van der Waals surface area contributed by atoms with Crippen LogP contribution in [0.15, 0.2) is 6.07 Å². The van der Waals surface area contributed by atoms with E-state index in [1.165, 1.54) is 29.7 Å². The molecule has 3 rings (SSSR count). The number of thiophene rings is 1. The second kappa shape index (κ2) is 5.63. The maximum atomic E-state index is 12.6. The van der Waals surface area contributed by atoms with Crippen LogP contribution in [0.25, 0.3) is 0 Å². The van der Waals surface area contributed by atoms with Crippen molar-refractivity contribution in [3.63, 3.8) is 0 Å². The molecule has 1 aliphatic carbocycles. The Balaban J connectivity index is 1.68. The Bertz CT molecular complexity index is 445. The first-order valence-electron chi connectivity index (χ1n) is 7.39. The number of carbonyl (C=O) groups excluding carboxylic acids is 1. The maximum absolute atomic E-state index is 12.6. The van der Waals surface area contributed by atoms with Gasteiger partial charge in [-0.05, 0) is 62.6 Å². The number of likely N-dealkylation sites (tertiary alicyclic amines) is 1. The number of aryl methyl sites for hydroxylation is 2. The lowest BCUT2D eigenvalue weighted by Gasteiger charge is -2.32. The Morgan fingerprint density at radius 1 is 1.42 bits per heavy atom. The van der Waals surface area contributed by atoms with Crippen molar-refractivity contribution in [2.75, 3.05) is 19.6 Å².